The van der Waals surface area contributed by atoms with Gasteiger partial charge >= 0.3 is 0 Å². The molecule has 0 aromatic heterocycles. The number of rotatable bonds is 9. The lowest BCUT2D eigenvalue weighted by molar-refractivity contribution is 0.391. The highest BCUT2D eigenvalue weighted by Gasteiger charge is 2.09. The summed E-state index contributed by atoms with van der Waals surface area (Å²) in [6.45, 7) is 6.79. The third-order valence-electron chi connectivity index (χ3n) is 3.72. The van der Waals surface area contributed by atoms with E-state index in [9.17, 15) is 5.11 Å². The maximum absolute atomic E-state index is 9.26. The minimum atomic E-state index is 0.348. The van der Waals surface area contributed by atoms with Gasteiger partial charge in [0.25, 0.3) is 0 Å². The lowest BCUT2D eigenvalue weighted by Gasteiger charge is -2.22. The lowest BCUT2D eigenvalue weighted by Crippen LogP contribution is -2.36. The molecule has 2 N–H and O–H groups in total. The highest BCUT2D eigenvalue weighted by molar-refractivity contribution is 5.25. The van der Waals surface area contributed by atoms with Gasteiger partial charge < -0.3 is 10.4 Å². The van der Waals surface area contributed by atoms with Gasteiger partial charge in [0.2, 0.25) is 0 Å². The molecule has 0 bridgehead atoms. The van der Waals surface area contributed by atoms with Crippen molar-refractivity contribution in [3.63, 3.8) is 0 Å². The first kappa shape index (κ1) is 16.0. The van der Waals surface area contributed by atoms with Crippen LogP contribution in [0.1, 0.15) is 58.4 Å². The minimum Gasteiger partial charge on any atom is -0.508 e. The summed E-state index contributed by atoms with van der Waals surface area (Å²) in [4.78, 5) is 0. The summed E-state index contributed by atoms with van der Waals surface area (Å²) in [7, 11) is 0. The summed E-state index contributed by atoms with van der Waals surface area (Å²) in [5.74, 6) is 0.348. The standard InChI is InChI=1S/C17H29NO/c1-4-6-7-16(5-2)18-14(3)8-9-15-10-12-17(19)13-11-15/h10-14,16,18-19H,4-9H2,1-3H3. The number of hydrogen-bond donors (Lipinski definition) is 2. The Bertz CT molecular complexity index is 334. The Kier molecular flexibility index (Phi) is 7.57. The second kappa shape index (κ2) is 8.98. The van der Waals surface area contributed by atoms with Crippen molar-refractivity contribution in [2.24, 2.45) is 0 Å². The van der Waals surface area contributed by atoms with Crippen LogP contribution in [0.25, 0.3) is 0 Å². The smallest absolute Gasteiger partial charge is 0.115 e. The molecular formula is C17H29NO. The maximum atomic E-state index is 9.26. The van der Waals surface area contributed by atoms with Crippen LogP contribution < -0.4 is 5.32 Å². The van der Waals surface area contributed by atoms with E-state index in [-0.39, 0.29) is 0 Å². The van der Waals surface area contributed by atoms with Crippen LogP contribution in [0.15, 0.2) is 24.3 Å². The quantitative estimate of drug-likeness (QED) is 0.697. The van der Waals surface area contributed by atoms with E-state index in [1.54, 1.807) is 12.1 Å². The molecule has 1 rings (SSSR count). The summed E-state index contributed by atoms with van der Waals surface area (Å²) in [6, 6.07) is 8.77. The van der Waals surface area contributed by atoms with Gasteiger partial charge in [-0.05, 0) is 50.3 Å². The molecule has 0 spiro atoms. The van der Waals surface area contributed by atoms with Gasteiger partial charge in [-0.3, -0.25) is 0 Å². The van der Waals surface area contributed by atoms with E-state index < -0.39 is 0 Å². The van der Waals surface area contributed by atoms with Crippen molar-refractivity contribution in [3.8, 4) is 5.75 Å². The number of benzene rings is 1. The first-order valence-corrected chi connectivity index (χ1v) is 7.69. The number of phenolic OH excluding ortho intramolecular Hbond substituents is 1. The largest absolute Gasteiger partial charge is 0.508 e. The van der Waals surface area contributed by atoms with Crippen molar-refractivity contribution in [1.82, 2.24) is 5.32 Å². The molecule has 2 heteroatoms. The zero-order valence-corrected chi connectivity index (χ0v) is 12.7. The average Bonchev–Trinajstić information content (AvgIpc) is 2.42. The molecule has 2 atom stereocenters. The number of aromatic hydroxyl groups is 1. The van der Waals surface area contributed by atoms with E-state index in [0.29, 0.717) is 17.8 Å². The lowest BCUT2D eigenvalue weighted by atomic mass is 10.0. The Hall–Kier alpha value is -1.02. The molecule has 108 valence electrons. The summed E-state index contributed by atoms with van der Waals surface area (Å²) in [6.07, 6.45) is 7.31. The van der Waals surface area contributed by atoms with Crippen LogP contribution in [0.4, 0.5) is 0 Å². The predicted molar refractivity (Wildman–Crippen MR) is 82.6 cm³/mol. The minimum absolute atomic E-state index is 0.348. The zero-order chi connectivity index (χ0) is 14.1. The molecule has 2 nitrogen and oxygen atoms in total. The SMILES string of the molecule is CCCCC(CC)NC(C)CCc1ccc(O)cc1. The van der Waals surface area contributed by atoms with Gasteiger partial charge in [0.15, 0.2) is 0 Å². The first-order valence-electron chi connectivity index (χ1n) is 7.69. The van der Waals surface area contributed by atoms with Gasteiger partial charge in [-0.25, -0.2) is 0 Å². The Morgan fingerprint density at radius 2 is 1.79 bits per heavy atom. The molecule has 0 aliphatic heterocycles. The van der Waals surface area contributed by atoms with Crippen LogP contribution in [0.3, 0.4) is 0 Å². The van der Waals surface area contributed by atoms with Gasteiger partial charge in [-0.2, -0.15) is 0 Å². The zero-order valence-electron chi connectivity index (χ0n) is 12.7. The van der Waals surface area contributed by atoms with Gasteiger partial charge in [0.05, 0.1) is 0 Å². The van der Waals surface area contributed by atoms with Gasteiger partial charge in [0.1, 0.15) is 5.75 Å². The fourth-order valence-electron chi connectivity index (χ4n) is 2.39. The number of nitrogens with one attached hydrogen (secondary N) is 1. The van der Waals surface area contributed by atoms with Crippen LogP contribution >= 0.6 is 0 Å². The highest BCUT2D eigenvalue weighted by atomic mass is 16.3. The molecule has 0 aliphatic rings. The van der Waals surface area contributed by atoms with Crippen molar-refractivity contribution in [2.75, 3.05) is 0 Å². The number of unbranched alkanes of at least 4 members (excludes halogenated alkanes) is 1. The average molecular weight is 263 g/mol. The summed E-state index contributed by atoms with van der Waals surface area (Å²) >= 11 is 0. The third kappa shape index (κ3) is 6.63. The number of phenols is 1. The second-order valence-corrected chi connectivity index (χ2v) is 5.52. The molecule has 1 aromatic rings. The number of hydrogen-bond acceptors (Lipinski definition) is 2. The third-order valence-corrected chi connectivity index (χ3v) is 3.72. The van der Waals surface area contributed by atoms with Crippen molar-refractivity contribution in [1.29, 1.82) is 0 Å². The summed E-state index contributed by atoms with van der Waals surface area (Å²) in [5.41, 5.74) is 1.30. The maximum Gasteiger partial charge on any atom is 0.115 e. The van der Waals surface area contributed by atoms with E-state index in [0.717, 1.165) is 12.8 Å². The molecule has 0 heterocycles. The van der Waals surface area contributed by atoms with Crippen LogP contribution in [0.2, 0.25) is 0 Å². The van der Waals surface area contributed by atoms with E-state index in [1.165, 1.54) is 31.2 Å². The van der Waals surface area contributed by atoms with Crippen LogP contribution in [-0.4, -0.2) is 17.2 Å². The molecule has 0 saturated heterocycles. The molecule has 0 aliphatic carbocycles. The number of aryl methyl sites for hydroxylation is 1. The Labute approximate surface area is 118 Å². The van der Waals surface area contributed by atoms with Crippen molar-refractivity contribution >= 4 is 0 Å². The van der Waals surface area contributed by atoms with Crippen LogP contribution in [0.5, 0.6) is 5.75 Å². The Morgan fingerprint density at radius 1 is 1.11 bits per heavy atom. The molecule has 0 fully saturated rings. The fourth-order valence-corrected chi connectivity index (χ4v) is 2.39. The molecular weight excluding hydrogens is 234 g/mol. The van der Waals surface area contributed by atoms with Gasteiger partial charge in [0, 0.05) is 12.1 Å². The molecule has 19 heavy (non-hydrogen) atoms. The summed E-state index contributed by atoms with van der Waals surface area (Å²) < 4.78 is 0. The predicted octanol–water partition coefficient (Wildman–Crippen LogP) is 4.27. The van der Waals surface area contributed by atoms with E-state index in [2.05, 4.69) is 26.1 Å². The second-order valence-electron chi connectivity index (χ2n) is 5.52. The van der Waals surface area contributed by atoms with E-state index in [4.69, 9.17) is 0 Å². The molecule has 0 saturated carbocycles. The van der Waals surface area contributed by atoms with Crippen molar-refractivity contribution < 1.29 is 5.11 Å². The Morgan fingerprint density at radius 3 is 2.37 bits per heavy atom. The highest BCUT2D eigenvalue weighted by Crippen LogP contribution is 2.13. The van der Waals surface area contributed by atoms with Crippen LogP contribution in [-0.2, 0) is 6.42 Å². The first-order chi connectivity index (χ1) is 9.15. The van der Waals surface area contributed by atoms with Crippen LogP contribution in [0, 0.1) is 0 Å². The topological polar surface area (TPSA) is 32.3 Å². The van der Waals surface area contributed by atoms with Gasteiger partial charge in [-0.15, -0.1) is 0 Å². The monoisotopic (exact) mass is 263 g/mol. The molecule has 0 amide bonds. The van der Waals surface area contributed by atoms with Crippen molar-refractivity contribution in [3.05, 3.63) is 29.8 Å². The van der Waals surface area contributed by atoms with Crippen molar-refractivity contribution in [2.45, 2.75) is 71.4 Å². The normalized spacial score (nSPS) is 14.3. The van der Waals surface area contributed by atoms with Gasteiger partial charge in [-0.1, -0.05) is 38.8 Å². The molecule has 1 aromatic carbocycles. The Balaban J connectivity index is 2.29. The molecule has 0 radical (unpaired) electrons. The van der Waals surface area contributed by atoms with E-state index in [1.807, 2.05) is 12.1 Å². The fraction of sp³-hybridized carbons (Fsp3) is 0.647. The molecule has 2 unspecified atom stereocenters. The summed E-state index contributed by atoms with van der Waals surface area (Å²) in [5, 5.41) is 13.0. The van der Waals surface area contributed by atoms with E-state index >= 15 is 0 Å².